The van der Waals surface area contributed by atoms with Crippen LogP contribution in [0, 0.1) is 0 Å². The molecule has 2 saturated heterocycles. The molecule has 0 radical (unpaired) electrons. The molecule has 2 aliphatic rings. The first-order chi connectivity index (χ1) is 17.7. The number of hydrogen-bond acceptors (Lipinski definition) is 7. The van der Waals surface area contributed by atoms with Crippen LogP contribution in [0.25, 0.3) is 16.5 Å². The van der Waals surface area contributed by atoms with Gasteiger partial charge in [-0.15, -0.1) is 0 Å². The van der Waals surface area contributed by atoms with Crippen molar-refractivity contribution in [2.45, 2.75) is 26.2 Å². The lowest BCUT2D eigenvalue weighted by atomic mass is 10.00. The number of allylic oxidation sites excluding steroid dienone is 2. The van der Waals surface area contributed by atoms with Crippen LogP contribution in [-0.2, 0) is 0 Å². The molecule has 0 saturated carbocycles. The summed E-state index contributed by atoms with van der Waals surface area (Å²) in [4.78, 5) is 22.2. The van der Waals surface area contributed by atoms with Gasteiger partial charge >= 0.3 is 0 Å². The number of likely N-dealkylation sites (tertiary alicyclic amines) is 1. The second-order valence-corrected chi connectivity index (χ2v) is 9.24. The van der Waals surface area contributed by atoms with Gasteiger partial charge < -0.3 is 26.2 Å². The number of aromatic nitrogens is 3. The van der Waals surface area contributed by atoms with Gasteiger partial charge in [0.2, 0.25) is 0 Å². The van der Waals surface area contributed by atoms with Crippen molar-refractivity contribution in [3.8, 4) is 0 Å². The predicted molar refractivity (Wildman–Crippen MR) is 145 cm³/mol. The number of aromatic amines is 1. The van der Waals surface area contributed by atoms with E-state index < -0.39 is 0 Å². The van der Waals surface area contributed by atoms with Crippen LogP contribution in [0.3, 0.4) is 0 Å². The van der Waals surface area contributed by atoms with Crippen molar-refractivity contribution in [1.82, 2.24) is 25.4 Å². The van der Waals surface area contributed by atoms with Gasteiger partial charge in [0.25, 0.3) is 5.91 Å². The fraction of sp³-hybridized carbons (Fsp3) is 0.370. The van der Waals surface area contributed by atoms with E-state index in [-0.39, 0.29) is 5.91 Å². The lowest BCUT2D eigenvalue weighted by Crippen LogP contribution is -2.43. The number of pyridine rings is 1. The van der Waals surface area contributed by atoms with Crippen LogP contribution in [0.4, 0.5) is 11.5 Å². The van der Waals surface area contributed by atoms with Crippen molar-refractivity contribution in [1.29, 1.82) is 0 Å². The van der Waals surface area contributed by atoms with Crippen LogP contribution in [0.1, 0.15) is 42.2 Å². The highest BCUT2D eigenvalue weighted by atomic mass is 16.1. The van der Waals surface area contributed by atoms with Gasteiger partial charge in [0.15, 0.2) is 5.69 Å². The maximum atomic E-state index is 13.1. The maximum absolute atomic E-state index is 13.1. The third-order valence-electron chi connectivity index (χ3n) is 6.94. The molecule has 9 nitrogen and oxygen atoms in total. The largest absolute Gasteiger partial charge is 0.403 e. The summed E-state index contributed by atoms with van der Waals surface area (Å²) in [6, 6.07) is 9.91. The summed E-state index contributed by atoms with van der Waals surface area (Å²) in [5.74, 6) is 0.653. The van der Waals surface area contributed by atoms with Gasteiger partial charge in [0.05, 0.1) is 23.1 Å². The second kappa shape index (κ2) is 10.8. The van der Waals surface area contributed by atoms with E-state index in [4.69, 9.17) is 5.73 Å². The van der Waals surface area contributed by atoms with Crippen LogP contribution in [0.15, 0.2) is 54.5 Å². The maximum Gasteiger partial charge on any atom is 0.276 e. The van der Waals surface area contributed by atoms with Crippen LogP contribution in [0.5, 0.6) is 0 Å². The van der Waals surface area contributed by atoms with Crippen molar-refractivity contribution < 1.29 is 4.79 Å². The van der Waals surface area contributed by atoms with Gasteiger partial charge in [0, 0.05) is 50.9 Å². The van der Waals surface area contributed by atoms with Crippen LogP contribution >= 0.6 is 0 Å². The van der Waals surface area contributed by atoms with Crippen molar-refractivity contribution >= 4 is 33.9 Å². The molecular formula is C27H34N8O. The lowest BCUT2D eigenvalue weighted by molar-refractivity contribution is 0.102. The van der Waals surface area contributed by atoms with E-state index >= 15 is 0 Å². The van der Waals surface area contributed by atoms with E-state index in [1.807, 2.05) is 24.3 Å². The lowest BCUT2D eigenvalue weighted by Gasteiger charge is -2.28. The van der Waals surface area contributed by atoms with Gasteiger partial charge in [-0.05, 0) is 60.7 Å². The summed E-state index contributed by atoms with van der Waals surface area (Å²) in [6.45, 7) is 7.95. The topological polar surface area (TPSA) is 115 Å². The van der Waals surface area contributed by atoms with Crippen molar-refractivity contribution in [3.63, 3.8) is 0 Å². The molecule has 0 spiro atoms. The third kappa shape index (κ3) is 5.06. The highest BCUT2D eigenvalue weighted by Crippen LogP contribution is 2.27. The van der Waals surface area contributed by atoms with E-state index in [0.717, 1.165) is 73.7 Å². The number of nitrogens with two attached hydrogens (primary N) is 1. The summed E-state index contributed by atoms with van der Waals surface area (Å²) in [7, 11) is 0. The molecule has 5 N–H and O–H groups in total. The normalized spacial score (nSPS) is 17.1. The van der Waals surface area contributed by atoms with Crippen molar-refractivity contribution in [2.24, 2.45) is 5.73 Å². The fourth-order valence-electron chi connectivity index (χ4n) is 4.91. The molecule has 0 unspecified atom stereocenters. The number of benzene rings is 1. The van der Waals surface area contributed by atoms with Crippen LogP contribution < -0.4 is 21.3 Å². The van der Waals surface area contributed by atoms with Crippen molar-refractivity contribution in [3.05, 3.63) is 65.8 Å². The number of piperazine rings is 1. The van der Waals surface area contributed by atoms with Gasteiger partial charge in [-0.25, -0.2) is 4.98 Å². The molecule has 188 valence electrons. The van der Waals surface area contributed by atoms with E-state index in [1.165, 1.54) is 18.4 Å². The average Bonchev–Trinajstić information content (AvgIpc) is 3.61. The first-order valence-electron chi connectivity index (χ1n) is 12.7. The molecular weight excluding hydrogens is 452 g/mol. The SMILES string of the molecule is CC/C(=C\C(=C/N)N1CCCC1)c1ccc2[nH]nc(C(=O)Nc3ccc(N4CCNCC4)nc3)c2c1. The average molecular weight is 487 g/mol. The Morgan fingerprint density at radius 3 is 2.64 bits per heavy atom. The number of amides is 1. The van der Waals surface area contributed by atoms with Crippen LogP contribution in [-0.4, -0.2) is 65.3 Å². The third-order valence-corrected chi connectivity index (χ3v) is 6.94. The molecule has 0 aliphatic carbocycles. The Kier molecular flexibility index (Phi) is 7.18. The molecule has 0 atom stereocenters. The number of H-pyrrole nitrogens is 1. The molecule has 1 amide bonds. The minimum absolute atomic E-state index is 0.267. The van der Waals surface area contributed by atoms with Gasteiger partial charge in [0.1, 0.15) is 5.82 Å². The van der Waals surface area contributed by atoms with E-state index in [2.05, 4.69) is 54.7 Å². The Hall–Kier alpha value is -3.85. The number of anilines is 2. The zero-order chi connectivity index (χ0) is 24.9. The highest BCUT2D eigenvalue weighted by molar-refractivity contribution is 6.11. The van der Waals surface area contributed by atoms with Gasteiger partial charge in [-0.3, -0.25) is 9.89 Å². The Bertz CT molecular complexity index is 1260. The minimum atomic E-state index is -0.267. The highest BCUT2D eigenvalue weighted by Gasteiger charge is 2.18. The summed E-state index contributed by atoms with van der Waals surface area (Å²) >= 11 is 0. The first-order valence-corrected chi connectivity index (χ1v) is 12.7. The Labute approximate surface area is 211 Å². The molecule has 2 fully saturated rings. The number of carbonyl (C=O) groups is 1. The second-order valence-electron chi connectivity index (χ2n) is 9.24. The summed E-state index contributed by atoms with van der Waals surface area (Å²) in [5, 5.41) is 14.4. The van der Waals surface area contributed by atoms with Crippen molar-refractivity contribution in [2.75, 3.05) is 49.5 Å². The molecule has 2 aliphatic heterocycles. The molecule has 9 heteroatoms. The number of nitrogens with one attached hydrogen (secondary N) is 3. The molecule has 0 bridgehead atoms. The number of fused-ring (bicyclic) bond motifs is 1. The molecule has 36 heavy (non-hydrogen) atoms. The fourth-order valence-corrected chi connectivity index (χ4v) is 4.91. The molecule has 3 aromatic rings. The Balaban J connectivity index is 1.35. The quantitative estimate of drug-likeness (QED) is 0.379. The van der Waals surface area contributed by atoms with Gasteiger partial charge in [-0.1, -0.05) is 13.0 Å². The zero-order valence-corrected chi connectivity index (χ0v) is 20.8. The smallest absolute Gasteiger partial charge is 0.276 e. The number of carbonyl (C=O) groups excluding carboxylic acids is 1. The Morgan fingerprint density at radius 1 is 1.14 bits per heavy atom. The number of nitrogens with zero attached hydrogens (tertiary/aromatic N) is 4. The number of hydrogen-bond donors (Lipinski definition) is 4. The zero-order valence-electron chi connectivity index (χ0n) is 20.8. The van der Waals surface area contributed by atoms with Crippen LogP contribution in [0.2, 0.25) is 0 Å². The molecule has 1 aromatic carbocycles. The predicted octanol–water partition coefficient (Wildman–Crippen LogP) is 3.31. The van der Waals surface area contributed by atoms with E-state index in [0.29, 0.717) is 11.4 Å². The Morgan fingerprint density at radius 2 is 1.94 bits per heavy atom. The summed E-state index contributed by atoms with van der Waals surface area (Å²) in [5.41, 5.74) is 11.1. The van der Waals surface area contributed by atoms with Gasteiger partial charge in [-0.2, -0.15) is 5.10 Å². The van der Waals surface area contributed by atoms with E-state index in [1.54, 1.807) is 12.4 Å². The standard InChI is InChI=1S/C27H34N8O/c1-2-19(15-22(17-28)34-11-3-4-12-34)20-5-7-24-23(16-20)26(33-32-24)27(36)31-21-6-8-25(30-18-21)35-13-9-29-10-14-35/h5-8,15-18,29H,2-4,9-14,28H2,1H3,(H,31,36)(H,32,33)/b19-15+,22-17+. The molecule has 2 aromatic heterocycles. The summed E-state index contributed by atoms with van der Waals surface area (Å²) < 4.78 is 0. The summed E-state index contributed by atoms with van der Waals surface area (Å²) in [6.07, 6.45) is 8.80. The first kappa shape index (κ1) is 23.9. The molecule has 4 heterocycles. The minimum Gasteiger partial charge on any atom is -0.403 e. The number of rotatable bonds is 7. The van der Waals surface area contributed by atoms with E-state index in [9.17, 15) is 4.79 Å². The molecule has 5 rings (SSSR count). The monoisotopic (exact) mass is 486 g/mol.